The Labute approximate surface area is 86.1 Å². The molecule has 14 heavy (non-hydrogen) atoms. The van der Waals surface area contributed by atoms with Gasteiger partial charge in [-0.2, -0.15) is 0 Å². The smallest absolute Gasteiger partial charge is 0.0852 e. The Morgan fingerprint density at radius 3 is 2.36 bits per heavy atom. The molecule has 3 nitrogen and oxygen atoms in total. The van der Waals surface area contributed by atoms with Gasteiger partial charge in [0.25, 0.3) is 0 Å². The molecule has 1 aliphatic rings. The largest absolute Gasteiger partial charge is 0.390 e. The van der Waals surface area contributed by atoms with Crippen LogP contribution in [0.25, 0.3) is 0 Å². The van der Waals surface area contributed by atoms with Crippen LogP contribution in [-0.4, -0.2) is 35.6 Å². The fourth-order valence-corrected chi connectivity index (χ4v) is 2.15. The maximum Gasteiger partial charge on any atom is 0.0852 e. The van der Waals surface area contributed by atoms with E-state index in [4.69, 9.17) is 4.74 Å². The molecule has 1 saturated heterocycles. The number of aliphatic hydroxyl groups excluding tert-OH is 2. The molecule has 0 amide bonds. The summed E-state index contributed by atoms with van der Waals surface area (Å²) in [5.41, 5.74) is 0. The Kier molecular flexibility index (Phi) is 4.85. The lowest BCUT2D eigenvalue weighted by atomic mass is 9.86. The van der Waals surface area contributed by atoms with Crippen molar-refractivity contribution in [2.75, 3.05) is 13.2 Å². The number of ether oxygens (including phenoxy) is 1. The van der Waals surface area contributed by atoms with E-state index in [2.05, 4.69) is 13.8 Å². The Bertz CT molecular complexity index is 145. The first-order valence-corrected chi connectivity index (χ1v) is 5.64. The molecular formula is C11H22O3. The summed E-state index contributed by atoms with van der Waals surface area (Å²) in [5.74, 6) is 0.344. The average Bonchev–Trinajstić information content (AvgIpc) is 2.71. The summed E-state index contributed by atoms with van der Waals surface area (Å²) in [6, 6.07) is 0. The van der Waals surface area contributed by atoms with E-state index in [1.165, 1.54) is 0 Å². The molecule has 0 aliphatic carbocycles. The molecular weight excluding hydrogens is 180 g/mol. The van der Waals surface area contributed by atoms with Gasteiger partial charge in [0, 0.05) is 12.5 Å². The average molecular weight is 202 g/mol. The standard InChI is InChI=1S/C11H22O3/c1-3-8(4-2)10(12)11(13)9-5-6-14-7-9/h8-13H,3-7H2,1-2H3. The summed E-state index contributed by atoms with van der Waals surface area (Å²) < 4.78 is 5.20. The molecule has 3 heteroatoms. The van der Waals surface area contributed by atoms with E-state index in [0.29, 0.717) is 6.61 Å². The van der Waals surface area contributed by atoms with Crippen LogP contribution in [0.2, 0.25) is 0 Å². The lowest BCUT2D eigenvalue weighted by Crippen LogP contribution is -2.38. The molecule has 0 spiro atoms. The fraction of sp³-hybridized carbons (Fsp3) is 1.00. The SMILES string of the molecule is CCC(CC)C(O)C(O)C1CCOC1. The number of aliphatic hydroxyl groups is 2. The van der Waals surface area contributed by atoms with Gasteiger partial charge in [-0.05, 0) is 12.3 Å². The first-order chi connectivity index (χ1) is 6.70. The highest BCUT2D eigenvalue weighted by atomic mass is 16.5. The predicted molar refractivity (Wildman–Crippen MR) is 55.0 cm³/mol. The second-order valence-electron chi connectivity index (χ2n) is 4.18. The van der Waals surface area contributed by atoms with Crippen LogP contribution in [0, 0.1) is 11.8 Å². The summed E-state index contributed by atoms with van der Waals surface area (Å²) in [7, 11) is 0. The van der Waals surface area contributed by atoms with E-state index < -0.39 is 12.2 Å². The predicted octanol–water partition coefficient (Wildman–Crippen LogP) is 1.18. The first kappa shape index (κ1) is 12.0. The highest BCUT2D eigenvalue weighted by Crippen LogP contribution is 2.24. The van der Waals surface area contributed by atoms with Gasteiger partial charge in [-0.15, -0.1) is 0 Å². The van der Waals surface area contributed by atoms with E-state index >= 15 is 0 Å². The first-order valence-electron chi connectivity index (χ1n) is 5.64. The van der Waals surface area contributed by atoms with Crippen LogP contribution in [0.1, 0.15) is 33.1 Å². The van der Waals surface area contributed by atoms with Crippen molar-refractivity contribution in [1.29, 1.82) is 0 Å². The Morgan fingerprint density at radius 2 is 1.93 bits per heavy atom. The maximum atomic E-state index is 9.93. The topological polar surface area (TPSA) is 49.7 Å². The minimum Gasteiger partial charge on any atom is -0.390 e. The molecule has 2 N–H and O–H groups in total. The number of hydrogen-bond acceptors (Lipinski definition) is 3. The monoisotopic (exact) mass is 202 g/mol. The van der Waals surface area contributed by atoms with Gasteiger partial charge in [0.2, 0.25) is 0 Å². The summed E-state index contributed by atoms with van der Waals surface area (Å²) >= 11 is 0. The van der Waals surface area contributed by atoms with E-state index in [0.717, 1.165) is 25.9 Å². The van der Waals surface area contributed by atoms with Crippen LogP contribution < -0.4 is 0 Å². The molecule has 0 aromatic carbocycles. The molecule has 0 bridgehead atoms. The minimum absolute atomic E-state index is 0.130. The van der Waals surface area contributed by atoms with Crippen molar-refractivity contribution in [3.8, 4) is 0 Å². The summed E-state index contributed by atoms with van der Waals surface area (Å²) in [6.07, 6.45) is 1.52. The molecule has 3 unspecified atom stereocenters. The summed E-state index contributed by atoms with van der Waals surface area (Å²) in [4.78, 5) is 0. The zero-order valence-electron chi connectivity index (χ0n) is 9.15. The van der Waals surface area contributed by atoms with Crippen molar-refractivity contribution in [2.45, 2.75) is 45.3 Å². The van der Waals surface area contributed by atoms with E-state index in [1.807, 2.05) is 0 Å². The van der Waals surface area contributed by atoms with Gasteiger partial charge < -0.3 is 14.9 Å². The third-order valence-electron chi connectivity index (χ3n) is 3.33. The normalized spacial score (nSPS) is 26.8. The molecule has 1 aliphatic heterocycles. The lowest BCUT2D eigenvalue weighted by molar-refractivity contribution is -0.0503. The van der Waals surface area contributed by atoms with Crippen LogP contribution in [0.4, 0.5) is 0 Å². The highest BCUT2D eigenvalue weighted by Gasteiger charge is 2.32. The third kappa shape index (κ3) is 2.69. The van der Waals surface area contributed by atoms with Gasteiger partial charge in [-0.3, -0.25) is 0 Å². The van der Waals surface area contributed by atoms with Gasteiger partial charge in [0.15, 0.2) is 0 Å². The van der Waals surface area contributed by atoms with Crippen LogP contribution >= 0.6 is 0 Å². The van der Waals surface area contributed by atoms with Crippen molar-refractivity contribution >= 4 is 0 Å². The second-order valence-corrected chi connectivity index (χ2v) is 4.18. The zero-order chi connectivity index (χ0) is 10.6. The Balaban J connectivity index is 2.44. The van der Waals surface area contributed by atoms with Crippen molar-refractivity contribution < 1.29 is 14.9 Å². The van der Waals surface area contributed by atoms with E-state index in [-0.39, 0.29) is 11.8 Å². The quantitative estimate of drug-likeness (QED) is 0.704. The molecule has 0 aromatic heterocycles. The van der Waals surface area contributed by atoms with Crippen molar-refractivity contribution in [3.63, 3.8) is 0 Å². The van der Waals surface area contributed by atoms with Gasteiger partial charge in [-0.25, -0.2) is 0 Å². The minimum atomic E-state index is -0.609. The van der Waals surface area contributed by atoms with Gasteiger partial charge in [-0.1, -0.05) is 26.7 Å². The summed E-state index contributed by atoms with van der Waals surface area (Å²) in [6.45, 7) is 5.42. The summed E-state index contributed by atoms with van der Waals surface area (Å²) in [5, 5.41) is 19.9. The molecule has 0 aromatic rings. The van der Waals surface area contributed by atoms with E-state index in [9.17, 15) is 10.2 Å². The number of hydrogen-bond donors (Lipinski definition) is 2. The van der Waals surface area contributed by atoms with Crippen molar-refractivity contribution in [1.82, 2.24) is 0 Å². The fourth-order valence-electron chi connectivity index (χ4n) is 2.15. The number of rotatable bonds is 5. The highest BCUT2D eigenvalue weighted by molar-refractivity contribution is 4.82. The van der Waals surface area contributed by atoms with Crippen LogP contribution in [0.15, 0.2) is 0 Å². The molecule has 1 fully saturated rings. The molecule has 1 rings (SSSR count). The van der Waals surface area contributed by atoms with Crippen LogP contribution in [-0.2, 0) is 4.74 Å². The van der Waals surface area contributed by atoms with Crippen molar-refractivity contribution in [2.24, 2.45) is 11.8 Å². The molecule has 3 atom stereocenters. The molecule has 0 radical (unpaired) electrons. The molecule has 1 heterocycles. The van der Waals surface area contributed by atoms with Crippen LogP contribution in [0.3, 0.4) is 0 Å². The Hall–Kier alpha value is -0.120. The molecule has 0 saturated carbocycles. The van der Waals surface area contributed by atoms with E-state index in [1.54, 1.807) is 0 Å². The molecule has 84 valence electrons. The van der Waals surface area contributed by atoms with Gasteiger partial charge >= 0.3 is 0 Å². The lowest BCUT2D eigenvalue weighted by Gasteiger charge is -2.28. The Morgan fingerprint density at radius 1 is 1.29 bits per heavy atom. The zero-order valence-corrected chi connectivity index (χ0v) is 9.15. The third-order valence-corrected chi connectivity index (χ3v) is 3.33. The van der Waals surface area contributed by atoms with Crippen molar-refractivity contribution in [3.05, 3.63) is 0 Å². The second kappa shape index (κ2) is 5.69. The van der Waals surface area contributed by atoms with Gasteiger partial charge in [0.05, 0.1) is 18.8 Å². The van der Waals surface area contributed by atoms with Crippen LogP contribution in [0.5, 0.6) is 0 Å². The van der Waals surface area contributed by atoms with Gasteiger partial charge in [0.1, 0.15) is 0 Å². The maximum absolute atomic E-state index is 9.93.